The van der Waals surface area contributed by atoms with Crippen molar-refractivity contribution in [3.63, 3.8) is 0 Å². The Labute approximate surface area is 125 Å². The molecule has 4 heteroatoms. The van der Waals surface area contributed by atoms with Crippen molar-refractivity contribution in [1.29, 1.82) is 0 Å². The van der Waals surface area contributed by atoms with Gasteiger partial charge in [0, 0.05) is 25.3 Å². The Morgan fingerprint density at radius 3 is 2.76 bits per heavy atom. The quantitative estimate of drug-likeness (QED) is 0.785. The summed E-state index contributed by atoms with van der Waals surface area (Å²) in [6, 6.07) is 6.37. The Hall–Kier alpha value is -1.84. The van der Waals surface area contributed by atoms with Gasteiger partial charge in [-0.05, 0) is 37.5 Å². The largest absolute Gasteiger partial charge is 0.368 e. The molecule has 1 aromatic carbocycles. The Bertz CT molecular complexity index is 582. The van der Waals surface area contributed by atoms with Crippen molar-refractivity contribution >= 4 is 23.1 Å². The number of fused-ring (bicyclic) bond motifs is 1. The Morgan fingerprint density at radius 1 is 1.19 bits per heavy atom. The van der Waals surface area contributed by atoms with Crippen LogP contribution in [0.4, 0.5) is 11.4 Å². The third kappa shape index (κ3) is 2.33. The van der Waals surface area contributed by atoms with Crippen molar-refractivity contribution in [3.05, 3.63) is 23.8 Å². The van der Waals surface area contributed by atoms with Crippen LogP contribution in [0, 0.1) is 0 Å². The Balaban J connectivity index is 1.97. The van der Waals surface area contributed by atoms with E-state index in [1.54, 1.807) is 7.05 Å². The normalized spacial score (nSPS) is 22.5. The minimum Gasteiger partial charge on any atom is -0.368 e. The number of hydrogen-bond donors (Lipinski definition) is 0. The fraction of sp³-hybridized carbons (Fsp3) is 0.529. The predicted molar refractivity (Wildman–Crippen MR) is 84.1 cm³/mol. The zero-order valence-electron chi connectivity index (χ0n) is 12.8. The van der Waals surface area contributed by atoms with E-state index in [9.17, 15) is 9.59 Å². The van der Waals surface area contributed by atoms with Crippen LogP contribution in [-0.2, 0) is 4.79 Å². The molecule has 0 bridgehead atoms. The van der Waals surface area contributed by atoms with E-state index in [4.69, 9.17) is 0 Å². The summed E-state index contributed by atoms with van der Waals surface area (Å²) in [6.07, 6.45) is 6.14. The summed E-state index contributed by atoms with van der Waals surface area (Å²) in [4.78, 5) is 27.6. The van der Waals surface area contributed by atoms with Gasteiger partial charge in [-0.2, -0.15) is 0 Å². The first-order valence-electron chi connectivity index (χ1n) is 7.86. The van der Waals surface area contributed by atoms with Gasteiger partial charge in [-0.3, -0.25) is 9.59 Å². The molecule has 1 saturated heterocycles. The number of amides is 1. The van der Waals surface area contributed by atoms with Crippen LogP contribution >= 0.6 is 0 Å². The number of hydrogen-bond acceptors (Lipinski definition) is 3. The maximum atomic E-state index is 11.9. The van der Waals surface area contributed by atoms with E-state index < -0.39 is 5.91 Å². The lowest BCUT2D eigenvalue weighted by Crippen LogP contribution is -2.34. The molecule has 4 nitrogen and oxygen atoms in total. The van der Waals surface area contributed by atoms with Gasteiger partial charge < -0.3 is 9.80 Å². The summed E-state index contributed by atoms with van der Waals surface area (Å²) in [5, 5.41) is 0. The van der Waals surface area contributed by atoms with E-state index in [-0.39, 0.29) is 5.78 Å². The summed E-state index contributed by atoms with van der Waals surface area (Å²) in [5.41, 5.74) is 2.42. The van der Waals surface area contributed by atoms with Crippen LogP contribution in [0.2, 0.25) is 0 Å². The molecular formula is C17H22N2O2. The minimum atomic E-state index is -0.426. The van der Waals surface area contributed by atoms with E-state index >= 15 is 0 Å². The smallest absolute Gasteiger partial charge is 0.299 e. The fourth-order valence-corrected chi connectivity index (χ4v) is 3.49. The molecule has 0 saturated carbocycles. The third-order valence-corrected chi connectivity index (χ3v) is 4.77. The molecule has 1 aromatic rings. The average Bonchev–Trinajstić information content (AvgIpc) is 2.70. The highest BCUT2D eigenvalue weighted by Crippen LogP contribution is 2.34. The van der Waals surface area contributed by atoms with Crippen LogP contribution in [0.1, 0.15) is 49.4 Å². The lowest BCUT2D eigenvalue weighted by molar-refractivity contribution is -0.114. The first-order chi connectivity index (χ1) is 10.1. The van der Waals surface area contributed by atoms with E-state index in [0.29, 0.717) is 11.6 Å². The van der Waals surface area contributed by atoms with Gasteiger partial charge >= 0.3 is 0 Å². The van der Waals surface area contributed by atoms with Crippen LogP contribution < -0.4 is 9.80 Å². The zero-order valence-corrected chi connectivity index (χ0v) is 12.8. The van der Waals surface area contributed by atoms with Crippen LogP contribution in [0.15, 0.2) is 18.2 Å². The van der Waals surface area contributed by atoms with Gasteiger partial charge in [0.25, 0.3) is 11.7 Å². The van der Waals surface area contributed by atoms with Crippen molar-refractivity contribution in [3.8, 4) is 0 Å². The van der Waals surface area contributed by atoms with Crippen LogP contribution in [0.25, 0.3) is 0 Å². The fourth-order valence-electron chi connectivity index (χ4n) is 3.49. The molecule has 0 N–H and O–H groups in total. The van der Waals surface area contributed by atoms with Crippen molar-refractivity contribution in [2.24, 2.45) is 0 Å². The topological polar surface area (TPSA) is 40.6 Å². The van der Waals surface area contributed by atoms with Crippen LogP contribution in [0.5, 0.6) is 0 Å². The van der Waals surface area contributed by atoms with E-state index in [0.717, 1.165) is 24.3 Å². The maximum absolute atomic E-state index is 11.9. The summed E-state index contributed by atoms with van der Waals surface area (Å²) >= 11 is 0. The Morgan fingerprint density at radius 2 is 2.00 bits per heavy atom. The van der Waals surface area contributed by atoms with Gasteiger partial charge in [0.1, 0.15) is 0 Å². The molecular weight excluding hydrogens is 264 g/mol. The van der Waals surface area contributed by atoms with Crippen molar-refractivity contribution in [2.75, 3.05) is 23.4 Å². The molecule has 1 fully saturated rings. The molecule has 3 rings (SSSR count). The highest BCUT2D eigenvalue weighted by atomic mass is 16.2. The summed E-state index contributed by atoms with van der Waals surface area (Å²) in [7, 11) is 1.68. The molecule has 0 aromatic heterocycles. The van der Waals surface area contributed by atoms with Gasteiger partial charge in [0.05, 0.1) is 11.3 Å². The van der Waals surface area contributed by atoms with Gasteiger partial charge in [-0.15, -0.1) is 0 Å². The molecule has 1 unspecified atom stereocenters. The average molecular weight is 286 g/mol. The van der Waals surface area contributed by atoms with Crippen LogP contribution in [-0.4, -0.2) is 31.3 Å². The first kappa shape index (κ1) is 14.1. The molecule has 21 heavy (non-hydrogen) atoms. The molecule has 0 spiro atoms. The zero-order chi connectivity index (χ0) is 15.0. The lowest BCUT2D eigenvalue weighted by Gasteiger charge is -2.32. The number of anilines is 2. The van der Waals surface area contributed by atoms with E-state index in [2.05, 4.69) is 11.8 Å². The third-order valence-electron chi connectivity index (χ3n) is 4.77. The Kier molecular flexibility index (Phi) is 3.70. The summed E-state index contributed by atoms with van der Waals surface area (Å²) in [5.74, 6) is -0.813. The number of likely N-dealkylation sites (N-methyl/N-ethyl adjacent to an activating group) is 1. The molecule has 2 aliphatic rings. The highest BCUT2D eigenvalue weighted by molar-refractivity contribution is 6.52. The second-order valence-corrected chi connectivity index (χ2v) is 6.00. The van der Waals surface area contributed by atoms with Gasteiger partial charge in [0.2, 0.25) is 0 Å². The molecule has 112 valence electrons. The molecule has 1 amide bonds. The number of carbonyl (C=O) groups is 2. The second-order valence-electron chi connectivity index (χ2n) is 6.00. The molecule has 1 atom stereocenters. The summed E-state index contributed by atoms with van der Waals surface area (Å²) < 4.78 is 0. The number of rotatable bonds is 2. The summed E-state index contributed by atoms with van der Waals surface area (Å²) in [6.45, 7) is 3.29. The molecule has 0 radical (unpaired) electrons. The molecule has 0 aliphatic carbocycles. The van der Waals surface area contributed by atoms with Crippen LogP contribution in [0.3, 0.4) is 0 Å². The van der Waals surface area contributed by atoms with Gasteiger partial charge in [-0.25, -0.2) is 0 Å². The maximum Gasteiger partial charge on any atom is 0.299 e. The number of carbonyl (C=O) groups excluding carboxylic acids is 2. The van der Waals surface area contributed by atoms with E-state index in [1.165, 1.54) is 30.6 Å². The number of ketones is 1. The van der Waals surface area contributed by atoms with Gasteiger partial charge in [-0.1, -0.05) is 19.8 Å². The molecule has 2 aliphatic heterocycles. The minimum absolute atomic E-state index is 0.387. The van der Waals surface area contributed by atoms with Crippen molar-refractivity contribution in [2.45, 2.75) is 45.1 Å². The van der Waals surface area contributed by atoms with E-state index in [1.807, 2.05) is 18.2 Å². The van der Waals surface area contributed by atoms with Crippen molar-refractivity contribution < 1.29 is 9.59 Å². The SMILES string of the molecule is CCC1CCCCCN1c1ccc2c(c1)N(C)C(=O)C2=O. The first-order valence-corrected chi connectivity index (χ1v) is 7.86. The molecule has 2 heterocycles. The second kappa shape index (κ2) is 5.51. The lowest BCUT2D eigenvalue weighted by atomic mass is 10.1. The number of Topliss-reactive ketones (excluding diaryl/α,β-unsaturated/α-hetero) is 1. The van der Waals surface area contributed by atoms with Crippen molar-refractivity contribution in [1.82, 2.24) is 0 Å². The highest BCUT2D eigenvalue weighted by Gasteiger charge is 2.34. The number of benzene rings is 1. The number of nitrogens with zero attached hydrogens (tertiary/aromatic N) is 2. The van der Waals surface area contributed by atoms with Gasteiger partial charge in [0.15, 0.2) is 0 Å². The standard InChI is InChI=1S/C17H22N2O2/c1-3-12-7-5-4-6-10-19(12)13-8-9-14-15(11-13)18(2)17(21)16(14)20/h8-9,11-12H,3-7,10H2,1-2H3. The monoisotopic (exact) mass is 286 g/mol. The predicted octanol–water partition coefficient (Wildman–Crippen LogP) is 3.00.